The molecule has 0 amide bonds. The molecular formula is C19H17N5. The van der Waals surface area contributed by atoms with E-state index in [2.05, 4.69) is 51.0 Å². The maximum Gasteiger partial charge on any atom is 0.141 e. The molecule has 0 saturated heterocycles. The van der Waals surface area contributed by atoms with E-state index in [1.807, 2.05) is 12.1 Å². The van der Waals surface area contributed by atoms with Crippen molar-refractivity contribution in [3.8, 4) is 0 Å². The van der Waals surface area contributed by atoms with Gasteiger partial charge in [0.25, 0.3) is 0 Å². The van der Waals surface area contributed by atoms with Crippen LogP contribution in [-0.4, -0.2) is 19.5 Å². The zero-order valence-electron chi connectivity index (χ0n) is 13.5. The molecule has 0 unspecified atom stereocenters. The van der Waals surface area contributed by atoms with E-state index in [1.54, 1.807) is 6.33 Å². The van der Waals surface area contributed by atoms with Crippen LogP contribution in [0.15, 0.2) is 42.7 Å². The molecule has 3 heterocycles. The number of imidazole rings is 1. The highest BCUT2D eigenvalue weighted by Crippen LogP contribution is 2.30. The first kappa shape index (κ1) is 13.5. The molecule has 118 valence electrons. The van der Waals surface area contributed by atoms with Gasteiger partial charge in [0.1, 0.15) is 18.0 Å². The second-order valence-electron chi connectivity index (χ2n) is 6.36. The van der Waals surface area contributed by atoms with Crippen molar-refractivity contribution < 1.29 is 0 Å². The molecule has 0 atom stereocenters. The van der Waals surface area contributed by atoms with Crippen LogP contribution in [0.1, 0.15) is 17.8 Å². The molecule has 5 rings (SSSR count). The van der Waals surface area contributed by atoms with E-state index in [-0.39, 0.29) is 0 Å². The number of hydrogen-bond donors (Lipinski definition) is 1. The van der Waals surface area contributed by atoms with E-state index in [0.29, 0.717) is 0 Å². The quantitative estimate of drug-likeness (QED) is 0.608. The Labute approximate surface area is 139 Å². The Bertz CT molecular complexity index is 1080. The number of hydrogen-bond acceptors (Lipinski definition) is 4. The van der Waals surface area contributed by atoms with E-state index in [4.69, 9.17) is 4.98 Å². The SMILES string of the molecule is Cc1cccc(Nc2ncnc3cc4c(cc23)nc2n4CCC2)c1. The zero-order chi connectivity index (χ0) is 16.1. The van der Waals surface area contributed by atoms with Crippen LogP contribution in [0, 0.1) is 6.92 Å². The second-order valence-corrected chi connectivity index (χ2v) is 6.36. The van der Waals surface area contributed by atoms with Gasteiger partial charge in [0.15, 0.2) is 0 Å². The summed E-state index contributed by atoms with van der Waals surface area (Å²) < 4.78 is 2.31. The molecular weight excluding hydrogens is 298 g/mol. The molecule has 1 aliphatic rings. The van der Waals surface area contributed by atoms with Crippen molar-refractivity contribution in [2.75, 3.05) is 5.32 Å². The fourth-order valence-corrected chi connectivity index (χ4v) is 3.52. The molecule has 4 aromatic rings. The van der Waals surface area contributed by atoms with Gasteiger partial charge in [0.2, 0.25) is 0 Å². The molecule has 2 aromatic heterocycles. The van der Waals surface area contributed by atoms with Crippen molar-refractivity contribution in [3.05, 3.63) is 54.1 Å². The molecule has 0 fully saturated rings. The van der Waals surface area contributed by atoms with Gasteiger partial charge in [-0.1, -0.05) is 12.1 Å². The number of benzene rings is 2. The summed E-state index contributed by atoms with van der Waals surface area (Å²) in [5.41, 5.74) is 5.39. The van der Waals surface area contributed by atoms with Gasteiger partial charge in [-0.25, -0.2) is 15.0 Å². The topological polar surface area (TPSA) is 55.6 Å². The summed E-state index contributed by atoms with van der Waals surface area (Å²) in [7, 11) is 0. The third-order valence-corrected chi connectivity index (χ3v) is 4.65. The number of aromatic nitrogens is 4. The van der Waals surface area contributed by atoms with E-state index in [1.165, 1.54) is 23.3 Å². The summed E-state index contributed by atoms with van der Waals surface area (Å²) in [5, 5.41) is 4.42. The normalized spacial score (nSPS) is 13.5. The van der Waals surface area contributed by atoms with Gasteiger partial charge in [-0.05, 0) is 43.2 Å². The molecule has 0 radical (unpaired) electrons. The van der Waals surface area contributed by atoms with Crippen molar-refractivity contribution in [2.45, 2.75) is 26.3 Å². The summed E-state index contributed by atoms with van der Waals surface area (Å²) in [6, 6.07) is 12.5. The van der Waals surface area contributed by atoms with Gasteiger partial charge < -0.3 is 9.88 Å². The molecule has 5 nitrogen and oxygen atoms in total. The first-order chi connectivity index (χ1) is 11.8. The van der Waals surface area contributed by atoms with Crippen LogP contribution >= 0.6 is 0 Å². The van der Waals surface area contributed by atoms with Crippen LogP contribution in [0.3, 0.4) is 0 Å². The van der Waals surface area contributed by atoms with Gasteiger partial charge >= 0.3 is 0 Å². The van der Waals surface area contributed by atoms with E-state index in [9.17, 15) is 0 Å². The van der Waals surface area contributed by atoms with Crippen LogP contribution in [-0.2, 0) is 13.0 Å². The molecule has 1 N–H and O–H groups in total. The highest BCUT2D eigenvalue weighted by molar-refractivity contribution is 5.99. The average molecular weight is 315 g/mol. The Morgan fingerprint density at radius 1 is 1.08 bits per heavy atom. The summed E-state index contributed by atoms with van der Waals surface area (Å²) in [4.78, 5) is 13.7. The Balaban J connectivity index is 1.68. The monoisotopic (exact) mass is 315 g/mol. The summed E-state index contributed by atoms with van der Waals surface area (Å²) in [6.45, 7) is 3.14. The largest absolute Gasteiger partial charge is 0.340 e. The lowest BCUT2D eigenvalue weighted by Gasteiger charge is -2.09. The minimum atomic E-state index is 0.820. The van der Waals surface area contributed by atoms with Gasteiger partial charge in [-0.2, -0.15) is 0 Å². The zero-order valence-corrected chi connectivity index (χ0v) is 13.5. The predicted molar refractivity (Wildman–Crippen MR) is 95.6 cm³/mol. The van der Waals surface area contributed by atoms with Gasteiger partial charge in [0.05, 0.1) is 16.6 Å². The van der Waals surface area contributed by atoms with Gasteiger partial charge in [0, 0.05) is 24.0 Å². The lowest BCUT2D eigenvalue weighted by atomic mass is 10.2. The Morgan fingerprint density at radius 3 is 2.96 bits per heavy atom. The molecule has 0 saturated carbocycles. The minimum absolute atomic E-state index is 0.820. The highest BCUT2D eigenvalue weighted by Gasteiger charge is 2.17. The molecule has 0 bridgehead atoms. The first-order valence-corrected chi connectivity index (χ1v) is 8.25. The number of anilines is 2. The molecule has 1 aliphatic heterocycles. The Hall–Kier alpha value is -2.95. The van der Waals surface area contributed by atoms with Crippen molar-refractivity contribution in [1.29, 1.82) is 0 Å². The van der Waals surface area contributed by atoms with Crippen molar-refractivity contribution in [1.82, 2.24) is 19.5 Å². The maximum absolute atomic E-state index is 4.79. The molecule has 24 heavy (non-hydrogen) atoms. The second kappa shape index (κ2) is 5.03. The summed E-state index contributed by atoms with van der Waals surface area (Å²) in [5.74, 6) is 2.00. The fourth-order valence-electron chi connectivity index (χ4n) is 3.52. The van der Waals surface area contributed by atoms with Crippen LogP contribution < -0.4 is 5.32 Å². The summed E-state index contributed by atoms with van der Waals surface area (Å²) in [6.07, 6.45) is 3.86. The van der Waals surface area contributed by atoms with Crippen molar-refractivity contribution >= 4 is 33.4 Å². The van der Waals surface area contributed by atoms with Crippen LogP contribution in [0.2, 0.25) is 0 Å². The molecule has 0 aliphatic carbocycles. The number of nitrogens with one attached hydrogen (secondary N) is 1. The lowest BCUT2D eigenvalue weighted by molar-refractivity contribution is 0.771. The Morgan fingerprint density at radius 2 is 2.04 bits per heavy atom. The van der Waals surface area contributed by atoms with Crippen LogP contribution in [0.5, 0.6) is 0 Å². The van der Waals surface area contributed by atoms with Crippen molar-refractivity contribution in [3.63, 3.8) is 0 Å². The molecule has 5 heteroatoms. The van der Waals surface area contributed by atoms with Gasteiger partial charge in [-0.3, -0.25) is 0 Å². The number of rotatable bonds is 2. The van der Waals surface area contributed by atoms with Gasteiger partial charge in [-0.15, -0.1) is 0 Å². The molecule has 2 aromatic carbocycles. The van der Waals surface area contributed by atoms with Crippen LogP contribution in [0.4, 0.5) is 11.5 Å². The number of fused-ring (bicyclic) bond motifs is 4. The predicted octanol–water partition coefficient (Wildman–Crippen LogP) is 3.98. The standard InChI is InChI=1S/C19H17N5/c1-12-4-2-5-13(8-12)22-19-14-9-16-17(10-15(14)20-11-21-19)24-7-3-6-18(24)23-16/h2,4-5,8-11H,3,6-7H2,1H3,(H,20,21,22). The smallest absolute Gasteiger partial charge is 0.141 e. The average Bonchev–Trinajstić information content (AvgIpc) is 3.15. The Kier molecular flexibility index (Phi) is 2.82. The van der Waals surface area contributed by atoms with E-state index in [0.717, 1.165) is 40.9 Å². The third kappa shape index (κ3) is 2.05. The third-order valence-electron chi connectivity index (χ3n) is 4.65. The van der Waals surface area contributed by atoms with E-state index >= 15 is 0 Å². The maximum atomic E-state index is 4.79. The van der Waals surface area contributed by atoms with Crippen molar-refractivity contribution in [2.24, 2.45) is 0 Å². The minimum Gasteiger partial charge on any atom is -0.340 e. The number of aryl methyl sites for hydroxylation is 3. The summed E-state index contributed by atoms with van der Waals surface area (Å²) >= 11 is 0. The van der Waals surface area contributed by atoms with E-state index < -0.39 is 0 Å². The highest BCUT2D eigenvalue weighted by atomic mass is 15.1. The van der Waals surface area contributed by atoms with Crippen LogP contribution in [0.25, 0.3) is 21.9 Å². The lowest BCUT2D eigenvalue weighted by Crippen LogP contribution is -1.97. The first-order valence-electron chi connectivity index (χ1n) is 8.25. The molecule has 0 spiro atoms. The fraction of sp³-hybridized carbons (Fsp3) is 0.211. The number of nitrogens with zero attached hydrogens (tertiary/aromatic N) is 4.